The van der Waals surface area contributed by atoms with E-state index in [2.05, 4.69) is 22.0 Å². The van der Waals surface area contributed by atoms with Gasteiger partial charge in [-0.25, -0.2) is 0 Å². The molecule has 15 heavy (non-hydrogen) atoms. The lowest BCUT2D eigenvalue weighted by molar-refractivity contribution is 0.0529. The maximum absolute atomic E-state index is 5.65. The molecule has 0 spiro atoms. The van der Waals surface area contributed by atoms with Crippen molar-refractivity contribution in [2.24, 2.45) is 0 Å². The van der Waals surface area contributed by atoms with Crippen molar-refractivity contribution >= 4 is 17.4 Å². The molecule has 2 rings (SSSR count). The fraction of sp³-hybridized carbons (Fsp3) is 0.600. The van der Waals surface area contributed by atoms with Gasteiger partial charge in [-0.3, -0.25) is 0 Å². The first-order valence-corrected chi connectivity index (χ1v) is 5.58. The fourth-order valence-corrected chi connectivity index (χ4v) is 1.76. The van der Waals surface area contributed by atoms with Crippen LogP contribution in [0.2, 0.25) is 0 Å². The molecule has 0 amide bonds. The molecular formula is C10H14ClN3O. The number of ether oxygens (including phenoxy) is 1. The topological polar surface area (TPSA) is 38.2 Å². The molecule has 1 aliphatic heterocycles. The summed E-state index contributed by atoms with van der Waals surface area (Å²) >= 11 is 5.65. The summed E-state index contributed by atoms with van der Waals surface area (Å²) in [7, 11) is 0. The van der Waals surface area contributed by atoms with Crippen molar-refractivity contribution in [3.8, 4) is 0 Å². The first-order chi connectivity index (χ1) is 7.29. The average molecular weight is 228 g/mol. The third-order valence-corrected chi connectivity index (χ3v) is 2.68. The molecule has 1 atom stereocenters. The van der Waals surface area contributed by atoms with Crippen molar-refractivity contribution in [3.05, 3.63) is 17.8 Å². The van der Waals surface area contributed by atoms with Gasteiger partial charge in [0.1, 0.15) is 0 Å². The van der Waals surface area contributed by atoms with Crippen molar-refractivity contribution < 1.29 is 4.74 Å². The van der Waals surface area contributed by atoms with Crippen molar-refractivity contribution in [3.63, 3.8) is 0 Å². The van der Waals surface area contributed by atoms with Crippen molar-refractivity contribution in [1.29, 1.82) is 0 Å². The lowest BCUT2D eigenvalue weighted by atomic mass is 10.3. The van der Waals surface area contributed by atoms with Crippen LogP contribution in [0, 0.1) is 0 Å². The predicted molar refractivity (Wildman–Crippen MR) is 59.2 cm³/mol. The van der Waals surface area contributed by atoms with E-state index in [-0.39, 0.29) is 6.10 Å². The molecule has 5 heteroatoms. The number of nitrogens with zero attached hydrogens (tertiary/aromatic N) is 3. The molecule has 0 bridgehead atoms. The van der Waals surface area contributed by atoms with Crippen molar-refractivity contribution in [2.75, 3.05) is 24.6 Å². The van der Waals surface area contributed by atoms with Gasteiger partial charge in [0, 0.05) is 13.1 Å². The van der Waals surface area contributed by atoms with Gasteiger partial charge in [0.05, 0.1) is 24.3 Å². The third-order valence-electron chi connectivity index (χ3n) is 2.41. The zero-order chi connectivity index (χ0) is 10.7. The lowest BCUT2D eigenvalue weighted by Crippen LogP contribution is -2.41. The molecule has 1 fully saturated rings. The Morgan fingerprint density at radius 1 is 1.53 bits per heavy atom. The lowest BCUT2D eigenvalue weighted by Gasteiger charge is -2.31. The molecule has 1 saturated heterocycles. The summed E-state index contributed by atoms with van der Waals surface area (Å²) in [5, 5.41) is 8.18. The van der Waals surface area contributed by atoms with Gasteiger partial charge in [0.2, 0.25) is 0 Å². The average Bonchev–Trinajstić information content (AvgIpc) is 2.29. The highest BCUT2D eigenvalue weighted by Gasteiger charge is 2.17. The normalized spacial score (nSPS) is 21.7. The molecule has 0 radical (unpaired) electrons. The highest BCUT2D eigenvalue weighted by molar-refractivity contribution is 6.16. The van der Waals surface area contributed by atoms with E-state index in [0.29, 0.717) is 5.88 Å². The second kappa shape index (κ2) is 4.77. The Balaban J connectivity index is 2.07. The highest BCUT2D eigenvalue weighted by atomic mass is 35.5. The van der Waals surface area contributed by atoms with Crippen molar-refractivity contribution in [1.82, 2.24) is 10.2 Å². The second-order valence-corrected chi connectivity index (χ2v) is 3.91. The van der Waals surface area contributed by atoms with Gasteiger partial charge in [0.15, 0.2) is 5.82 Å². The van der Waals surface area contributed by atoms with E-state index in [1.807, 2.05) is 12.1 Å². The Morgan fingerprint density at radius 3 is 3.00 bits per heavy atom. The number of alkyl halides is 1. The van der Waals surface area contributed by atoms with Gasteiger partial charge in [0.25, 0.3) is 0 Å². The first-order valence-electron chi connectivity index (χ1n) is 5.04. The van der Waals surface area contributed by atoms with Crippen LogP contribution >= 0.6 is 11.6 Å². The zero-order valence-electron chi connectivity index (χ0n) is 8.69. The molecule has 0 saturated carbocycles. The van der Waals surface area contributed by atoms with Crippen LogP contribution in [0.1, 0.15) is 12.6 Å². The van der Waals surface area contributed by atoms with E-state index >= 15 is 0 Å². The number of morpholine rings is 1. The molecule has 0 N–H and O–H groups in total. The zero-order valence-corrected chi connectivity index (χ0v) is 9.44. The molecule has 0 aromatic carbocycles. The summed E-state index contributed by atoms with van der Waals surface area (Å²) in [6.45, 7) is 4.56. The van der Waals surface area contributed by atoms with Gasteiger partial charge in [-0.05, 0) is 19.1 Å². The molecule has 4 nitrogen and oxygen atoms in total. The fourth-order valence-electron chi connectivity index (χ4n) is 1.62. The highest BCUT2D eigenvalue weighted by Crippen LogP contribution is 2.14. The first kappa shape index (κ1) is 10.6. The van der Waals surface area contributed by atoms with Crippen molar-refractivity contribution in [2.45, 2.75) is 18.9 Å². The number of halogens is 1. The van der Waals surface area contributed by atoms with Gasteiger partial charge in [-0.2, -0.15) is 5.10 Å². The summed E-state index contributed by atoms with van der Waals surface area (Å²) in [5.74, 6) is 1.31. The number of aromatic nitrogens is 2. The van der Waals surface area contributed by atoms with Crippen LogP contribution in [0.4, 0.5) is 5.82 Å². The Morgan fingerprint density at radius 2 is 2.40 bits per heavy atom. The van der Waals surface area contributed by atoms with Crippen LogP contribution in [0.15, 0.2) is 12.1 Å². The van der Waals surface area contributed by atoms with E-state index in [1.54, 1.807) is 0 Å². The van der Waals surface area contributed by atoms with E-state index in [9.17, 15) is 0 Å². The van der Waals surface area contributed by atoms with Crippen LogP contribution in [0.3, 0.4) is 0 Å². The summed E-state index contributed by atoms with van der Waals surface area (Å²) in [6, 6.07) is 3.87. The summed E-state index contributed by atoms with van der Waals surface area (Å²) in [5.41, 5.74) is 0.807. The van der Waals surface area contributed by atoms with Gasteiger partial charge < -0.3 is 9.64 Å². The van der Waals surface area contributed by atoms with E-state index < -0.39 is 0 Å². The quantitative estimate of drug-likeness (QED) is 0.717. The SMILES string of the molecule is CC1CN(c2ccc(CCl)nn2)CCO1. The van der Waals surface area contributed by atoms with Gasteiger partial charge >= 0.3 is 0 Å². The molecule has 1 aliphatic rings. The number of rotatable bonds is 2. The summed E-state index contributed by atoms with van der Waals surface area (Å²) in [6.07, 6.45) is 0.258. The number of hydrogen-bond acceptors (Lipinski definition) is 4. The van der Waals surface area contributed by atoms with Crippen LogP contribution in [0.25, 0.3) is 0 Å². The smallest absolute Gasteiger partial charge is 0.151 e. The standard InChI is InChI=1S/C10H14ClN3O/c1-8-7-14(4-5-15-8)10-3-2-9(6-11)12-13-10/h2-3,8H,4-7H2,1H3. The molecular weight excluding hydrogens is 214 g/mol. The molecule has 82 valence electrons. The number of anilines is 1. The minimum absolute atomic E-state index is 0.258. The Hall–Kier alpha value is -0.870. The molecule has 1 aromatic heterocycles. The second-order valence-electron chi connectivity index (χ2n) is 3.64. The van der Waals surface area contributed by atoms with Gasteiger partial charge in [-0.15, -0.1) is 16.7 Å². The largest absolute Gasteiger partial charge is 0.375 e. The minimum Gasteiger partial charge on any atom is -0.375 e. The minimum atomic E-state index is 0.258. The molecule has 1 aromatic rings. The maximum atomic E-state index is 5.65. The number of hydrogen-bond donors (Lipinski definition) is 0. The monoisotopic (exact) mass is 227 g/mol. The molecule has 2 heterocycles. The third kappa shape index (κ3) is 2.58. The Bertz CT molecular complexity index is 317. The molecule has 1 unspecified atom stereocenters. The Kier molecular flexibility index (Phi) is 3.38. The van der Waals surface area contributed by atoms with E-state index in [1.165, 1.54) is 0 Å². The van der Waals surface area contributed by atoms with Crippen LogP contribution in [-0.4, -0.2) is 36.0 Å². The predicted octanol–water partition coefficient (Wildman–Crippen LogP) is 1.44. The maximum Gasteiger partial charge on any atom is 0.151 e. The molecule has 0 aliphatic carbocycles. The summed E-state index contributed by atoms with van der Waals surface area (Å²) in [4.78, 5) is 2.18. The van der Waals surface area contributed by atoms with Gasteiger partial charge in [-0.1, -0.05) is 0 Å². The van der Waals surface area contributed by atoms with E-state index in [4.69, 9.17) is 16.3 Å². The summed E-state index contributed by atoms with van der Waals surface area (Å²) < 4.78 is 5.46. The Labute approximate surface area is 94.2 Å². The van der Waals surface area contributed by atoms with Crippen LogP contribution in [-0.2, 0) is 10.6 Å². The van der Waals surface area contributed by atoms with Crippen LogP contribution < -0.4 is 4.90 Å². The van der Waals surface area contributed by atoms with Crippen LogP contribution in [0.5, 0.6) is 0 Å². The van der Waals surface area contributed by atoms with E-state index in [0.717, 1.165) is 31.2 Å².